The number of hydrogen-bond acceptors (Lipinski definition) is 4. The number of fused-ring (bicyclic) bond motifs is 2. The van der Waals surface area contributed by atoms with Crippen LogP contribution < -0.4 is 4.90 Å². The Labute approximate surface area is 231 Å². The molecule has 38 heavy (non-hydrogen) atoms. The Hall–Kier alpha value is -3.26. The van der Waals surface area contributed by atoms with Gasteiger partial charge in [0.25, 0.3) is 5.91 Å². The largest absolute Gasteiger partial charge is 0.394 e. The SMILES string of the molecule is C[C@H](/C=C/CC(=O)N1Cc2ccccc2C[C@H]1CO)[C@@]1(O)C(=O)N(Cc2ccccc2)c2ccc(Br)cc21. The Morgan fingerprint density at radius 1 is 1.11 bits per heavy atom. The molecule has 3 aromatic carbocycles. The van der Waals surface area contributed by atoms with Crippen molar-refractivity contribution in [2.24, 2.45) is 5.92 Å². The van der Waals surface area contributed by atoms with E-state index >= 15 is 0 Å². The number of carbonyl (C=O) groups is 2. The van der Waals surface area contributed by atoms with Gasteiger partial charge in [0, 0.05) is 28.9 Å². The molecule has 2 aliphatic heterocycles. The van der Waals surface area contributed by atoms with Crippen LogP contribution in [0, 0.1) is 5.92 Å². The molecule has 7 heteroatoms. The van der Waals surface area contributed by atoms with E-state index in [-0.39, 0.29) is 30.9 Å². The maximum atomic E-state index is 13.7. The van der Waals surface area contributed by atoms with Gasteiger partial charge in [-0.05, 0) is 41.3 Å². The van der Waals surface area contributed by atoms with Gasteiger partial charge in [-0.3, -0.25) is 9.59 Å². The van der Waals surface area contributed by atoms with Gasteiger partial charge in [0.1, 0.15) is 0 Å². The van der Waals surface area contributed by atoms with Crippen LogP contribution in [0.3, 0.4) is 0 Å². The minimum atomic E-state index is -1.76. The van der Waals surface area contributed by atoms with E-state index in [9.17, 15) is 19.8 Å². The van der Waals surface area contributed by atoms with Crippen LogP contribution in [0.1, 0.15) is 35.6 Å². The van der Waals surface area contributed by atoms with Crippen molar-refractivity contribution in [3.05, 3.63) is 112 Å². The average molecular weight is 576 g/mol. The fourth-order valence-electron chi connectivity index (χ4n) is 5.51. The van der Waals surface area contributed by atoms with Crippen molar-refractivity contribution in [1.29, 1.82) is 0 Å². The topological polar surface area (TPSA) is 81.1 Å². The third kappa shape index (κ3) is 4.82. The zero-order valence-corrected chi connectivity index (χ0v) is 22.8. The molecule has 0 spiro atoms. The predicted octanol–water partition coefficient (Wildman–Crippen LogP) is 4.71. The maximum Gasteiger partial charge on any atom is 0.264 e. The standard InChI is InChI=1S/C31H31BrN2O4/c1-21(8-7-13-29(36)33-19-24-12-6-5-11-23(24)16-26(33)20-35)31(38)27-17-25(32)14-15-28(27)34(30(31)37)18-22-9-3-2-4-10-22/h2-12,14-15,17,21,26,35,38H,13,16,18-20H2,1H3/b8-7+/t21-,26+,31+/m1/s1. The van der Waals surface area contributed by atoms with Crippen molar-refractivity contribution in [2.75, 3.05) is 11.5 Å². The Kier molecular flexibility index (Phi) is 7.52. The minimum absolute atomic E-state index is 0.0967. The van der Waals surface area contributed by atoms with E-state index in [0.717, 1.165) is 21.2 Å². The lowest BCUT2D eigenvalue weighted by Gasteiger charge is -2.36. The average Bonchev–Trinajstić information content (AvgIpc) is 3.14. The summed E-state index contributed by atoms with van der Waals surface area (Å²) in [7, 11) is 0. The number of aliphatic hydroxyl groups is 2. The Bertz CT molecular complexity index is 1380. The van der Waals surface area contributed by atoms with Gasteiger partial charge in [-0.15, -0.1) is 0 Å². The molecule has 2 amide bonds. The molecule has 3 aromatic rings. The molecule has 0 unspecified atom stereocenters. The van der Waals surface area contributed by atoms with E-state index in [1.54, 1.807) is 34.9 Å². The number of aliphatic hydroxyl groups excluding tert-OH is 1. The highest BCUT2D eigenvalue weighted by Gasteiger charge is 2.52. The van der Waals surface area contributed by atoms with Crippen LogP contribution in [0.25, 0.3) is 0 Å². The number of halogens is 1. The van der Waals surface area contributed by atoms with Crippen molar-refractivity contribution < 1.29 is 19.8 Å². The van der Waals surface area contributed by atoms with Crippen molar-refractivity contribution in [1.82, 2.24) is 4.90 Å². The summed E-state index contributed by atoms with van der Waals surface area (Å²) in [4.78, 5) is 30.2. The summed E-state index contributed by atoms with van der Waals surface area (Å²) in [6.07, 6.45) is 4.21. The number of benzene rings is 3. The summed E-state index contributed by atoms with van der Waals surface area (Å²) in [6.45, 7) is 2.51. The van der Waals surface area contributed by atoms with Crippen LogP contribution in [0.2, 0.25) is 0 Å². The monoisotopic (exact) mass is 574 g/mol. The van der Waals surface area contributed by atoms with E-state index in [4.69, 9.17) is 0 Å². The van der Waals surface area contributed by atoms with E-state index in [1.165, 1.54) is 0 Å². The number of rotatable bonds is 7. The molecular formula is C31H31BrN2O4. The quantitative estimate of drug-likeness (QED) is 0.400. The number of amides is 2. The predicted molar refractivity (Wildman–Crippen MR) is 150 cm³/mol. The molecule has 0 aromatic heterocycles. The van der Waals surface area contributed by atoms with E-state index in [0.29, 0.717) is 30.8 Å². The third-order valence-corrected chi connectivity index (χ3v) is 8.17. The molecule has 2 heterocycles. The minimum Gasteiger partial charge on any atom is -0.394 e. The fourth-order valence-corrected chi connectivity index (χ4v) is 5.88. The molecule has 5 rings (SSSR count). The molecule has 6 nitrogen and oxygen atoms in total. The summed E-state index contributed by atoms with van der Waals surface area (Å²) < 4.78 is 0.774. The Balaban J connectivity index is 1.34. The number of hydrogen-bond donors (Lipinski definition) is 2. The van der Waals surface area contributed by atoms with Crippen molar-refractivity contribution in [3.8, 4) is 0 Å². The van der Waals surface area contributed by atoms with Crippen molar-refractivity contribution >= 4 is 33.4 Å². The van der Waals surface area contributed by atoms with Gasteiger partial charge in [-0.25, -0.2) is 0 Å². The first kappa shape index (κ1) is 26.4. The van der Waals surface area contributed by atoms with E-state index in [1.807, 2.05) is 66.7 Å². The van der Waals surface area contributed by atoms with Crippen LogP contribution in [0.15, 0.2) is 89.4 Å². The summed E-state index contributed by atoms with van der Waals surface area (Å²) in [5.41, 5.74) is 2.68. The van der Waals surface area contributed by atoms with Crippen LogP contribution in [-0.2, 0) is 34.7 Å². The van der Waals surface area contributed by atoms with Crippen molar-refractivity contribution in [2.45, 2.75) is 44.5 Å². The van der Waals surface area contributed by atoms with Crippen LogP contribution in [-0.4, -0.2) is 39.6 Å². The number of anilines is 1. The third-order valence-electron chi connectivity index (χ3n) is 7.68. The second-order valence-corrected chi connectivity index (χ2v) is 11.0. The Morgan fingerprint density at radius 2 is 1.82 bits per heavy atom. The zero-order valence-electron chi connectivity index (χ0n) is 21.3. The highest BCUT2D eigenvalue weighted by atomic mass is 79.9. The molecular weight excluding hydrogens is 544 g/mol. The first-order chi connectivity index (χ1) is 18.3. The molecule has 0 aliphatic carbocycles. The van der Waals surface area contributed by atoms with Crippen LogP contribution in [0.4, 0.5) is 5.69 Å². The molecule has 0 radical (unpaired) electrons. The van der Waals surface area contributed by atoms with Crippen LogP contribution in [0.5, 0.6) is 0 Å². The second kappa shape index (κ2) is 10.8. The summed E-state index contributed by atoms with van der Waals surface area (Å²) >= 11 is 3.48. The Morgan fingerprint density at radius 3 is 2.55 bits per heavy atom. The lowest BCUT2D eigenvalue weighted by Crippen LogP contribution is -2.46. The first-order valence-electron chi connectivity index (χ1n) is 12.8. The molecule has 196 valence electrons. The summed E-state index contributed by atoms with van der Waals surface area (Å²) in [6, 6.07) is 22.9. The smallest absolute Gasteiger partial charge is 0.264 e. The molecule has 3 atom stereocenters. The molecule has 2 aliphatic rings. The van der Waals surface area contributed by atoms with Gasteiger partial charge in [0.2, 0.25) is 5.91 Å². The molecule has 0 saturated heterocycles. The van der Waals surface area contributed by atoms with Gasteiger partial charge in [0.15, 0.2) is 5.60 Å². The van der Waals surface area contributed by atoms with Gasteiger partial charge in [-0.2, -0.15) is 0 Å². The lowest BCUT2D eigenvalue weighted by molar-refractivity contribution is -0.139. The van der Waals surface area contributed by atoms with Crippen molar-refractivity contribution in [3.63, 3.8) is 0 Å². The molecule has 2 N–H and O–H groups in total. The summed E-state index contributed by atoms with van der Waals surface area (Å²) in [5.74, 6) is -1.06. The summed E-state index contributed by atoms with van der Waals surface area (Å²) in [5, 5.41) is 21.8. The zero-order chi connectivity index (χ0) is 26.9. The van der Waals surface area contributed by atoms with E-state index in [2.05, 4.69) is 15.9 Å². The van der Waals surface area contributed by atoms with Gasteiger partial charge >= 0.3 is 0 Å². The van der Waals surface area contributed by atoms with Gasteiger partial charge in [-0.1, -0.05) is 89.6 Å². The van der Waals surface area contributed by atoms with E-state index < -0.39 is 11.5 Å². The van der Waals surface area contributed by atoms with Gasteiger partial charge < -0.3 is 20.0 Å². The fraction of sp³-hybridized carbons (Fsp3) is 0.290. The second-order valence-electron chi connectivity index (χ2n) is 10.1. The number of carbonyl (C=O) groups excluding carboxylic acids is 2. The lowest BCUT2D eigenvalue weighted by atomic mass is 9.83. The van der Waals surface area contributed by atoms with Crippen LogP contribution >= 0.6 is 15.9 Å². The normalized spacial score (nSPS) is 21.5. The highest BCUT2D eigenvalue weighted by molar-refractivity contribution is 9.10. The number of nitrogens with zero attached hydrogens (tertiary/aromatic N) is 2. The molecule has 0 bridgehead atoms. The highest BCUT2D eigenvalue weighted by Crippen LogP contribution is 2.46. The molecule has 0 fully saturated rings. The maximum absolute atomic E-state index is 13.7. The van der Waals surface area contributed by atoms with Gasteiger partial charge in [0.05, 0.1) is 24.9 Å². The first-order valence-corrected chi connectivity index (χ1v) is 13.6. The molecule has 0 saturated carbocycles.